The molecule has 6 heterocycles. The van der Waals surface area contributed by atoms with E-state index in [1.54, 1.807) is 24.3 Å². The van der Waals surface area contributed by atoms with Gasteiger partial charge in [0, 0.05) is 54.5 Å². The zero-order chi connectivity index (χ0) is 30.2. The fourth-order valence-corrected chi connectivity index (χ4v) is 7.93. The highest BCUT2D eigenvalue weighted by molar-refractivity contribution is 6.02. The van der Waals surface area contributed by atoms with E-state index in [9.17, 15) is 4.39 Å². The predicted molar refractivity (Wildman–Crippen MR) is 163 cm³/mol. The van der Waals surface area contributed by atoms with E-state index in [0.717, 1.165) is 32.2 Å². The average Bonchev–Trinajstić information content (AvgIpc) is 3.65. The molecule has 3 N–H and O–H groups in total. The van der Waals surface area contributed by atoms with Gasteiger partial charge in [-0.15, -0.1) is 6.42 Å². The zero-order valence-electron chi connectivity index (χ0n) is 24.1. The molecule has 0 saturated carbocycles. The molecule has 2 aromatic heterocycles. The van der Waals surface area contributed by atoms with Gasteiger partial charge in [0.1, 0.15) is 35.7 Å². The maximum Gasteiger partial charge on any atom is 0.319 e. The zero-order valence-corrected chi connectivity index (χ0v) is 24.1. The summed E-state index contributed by atoms with van der Waals surface area (Å²) in [7, 11) is 0. The van der Waals surface area contributed by atoms with Gasteiger partial charge in [-0.1, -0.05) is 18.1 Å². The fraction of sp³-hybridized carbons (Fsp3) is 0.424. The average molecular weight is 600 g/mol. The smallest absolute Gasteiger partial charge is 0.319 e. The molecule has 8 rings (SSSR count). The second-order valence-corrected chi connectivity index (χ2v) is 12.6. The highest BCUT2D eigenvalue weighted by atomic mass is 19.1. The topological polar surface area (TPSA) is 92.4 Å². The van der Waals surface area contributed by atoms with Gasteiger partial charge in [0.05, 0.1) is 16.8 Å². The number of hydrogen-bond acceptors (Lipinski definition) is 8. The monoisotopic (exact) mass is 599 g/mol. The van der Waals surface area contributed by atoms with E-state index >= 15 is 8.78 Å². The Morgan fingerprint density at radius 3 is 2.73 bits per heavy atom. The van der Waals surface area contributed by atoms with Crippen LogP contribution in [0.5, 0.6) is 6.01 Å². The number of nitrogens with one attached hydrogen (secondary N) is 1. The van der Waals surface area contributed by atoms with Gasteiger partial charge in [0.15, 0.2) is 5.82 Å². The lowest BCUT2D eigenvalue weighted by molar-refractivity contribution is 0.107. The van der Waals surface area contributed by atoms with Crippen LogP contribution in [-0.2, 0) is 0 Å². The molecule has 2 bridgehead atoms. The molecule has 0 spiro atoms. The summed E-state index contributed by atoms with van der Waals surface area (Å²) in [4.78, 5) is 17.8. The van der Waals surface area contributed by atoms with Crippen LogP contribution in [0.4, 0.5) is 24.8 Å². The number of aromatic nitrogens is 3. The fourth-order valence-electron chi connectivity index (χ4n) is 7.93. The van der Waals surface area contributed by atoms with Gasteiger partial charge in [-0.2, -0.15) is 9.97 Å². The number of anilines is 2. The number of fused-ring (bicyclic) bond motifs is 5. The first-order valence-electron chi connectivity index (χ1n) is 15.2. The van der Waals surface area contributed by atoms with Crippen LogP contribution in [0.2, 0.25) is 0 Å². The number of nitrogens with zero attached hydrogens (tertiary/aromatic N) is 5. The first-order valence-corrected chi connectivity index (χ1v) is 15.2. The van der Waals surface area contributed by atoms with E-state index in [0.29, 0.717) is 48.2 Å². The predicted octanol–water partition coefficient (Wildman–Crippen LogP) is 4.58. The van der Waals surface area contributed by atoms with Crippen LogP contribution in [0, 0.1) is 24.0 Å². The van der Waals surface area contributed by atoms with Crippen molar-refractivity contribution >= 4 is 33.3 Å². The number of benzene rings is 2. The highest BCUT2D eigenvalue weighted by Gasteiger charge is 2.49. The highest BCUT2D eigenvalue weighted by Crippen LogP contribution is 2.42. The van der Waals surface area contributed by atoms with Crippen molar-refractivity contribution in [2.45, 2.75) is 55.9 Å². The number of nitrogens with two attached hydrogens (primary N) is 1. The number of alkyl halides is 1. The number of hydrogen-bond donors (Lipinski definition) is 2. The summed E-state index contributed by atoms with van der Waals surface area (Å²) in [6.07, 6.45) is 9.05. The number of nitrogen functional groups attached to an aromatic ring is 1. The van der Waals surface area contributed by atoms with Crippen molar-refractivity contribution in [1.82, 2.24) is 25.2 Å². The minimum atomic E-state index is -0.917. The van der Waals surface area contributed by atoms with Crippen molar-refractivity contribution in [3.63, 3.8) is 0 Å². The Hall–Kier alpha value is -4.14. The Labute approximate surface area is 252 Å². The van der Waals surface area contributed by atoms with E-state index in [1.165, 1.54) is 6.07 Å². The van der Waals surface area contributed by atoms with Crippen molar-refractivity contribution in [3.8, 4) is 29.6 Å². The van der Waals surface area contributed by atoms with Gasteiger partial charge in [-0.25, -0.2) is 18.2 Å². The van der Waals surface area contributed by atoms with Crippen LogP contribution in [0.25, 0.3) is 32.9 Å². The normalized spacial score (nSPS) is 26.4. The van der Waals surface area contributed by atoms with Gasteiger partial charge in [0.25, 0.3) is 0 Å². The molecular formula is C33H32F3N7O. The summed E-state index contributed by atoms with van der Waals surface area (Å²) in [5.74, 6) is 1.40. The maximum absolute atomic E-state index is 16.8. The molecule has 44 heavy (non-hydrogen) atoms. The van der Waals surface area contributed by atoms with Crippen LogP contribution in [0.1, 0.15) is 37.7 Å². The van der Waals surface area contributed by atoms with E-state index in [1.807, 2.05) is 0 Å². The lowest BCUT2D eigenvalue weighted by atomic mass is 9.95. The number of pyridine rings is 1. The van der Waals surface area contributed by atoms with Crippen LogP contribution < -0.4 is 20.7 Å². The van der Waals surface area contributed by atoms with Crippen molar-refractivity contribution in [3.05, 3.63) is 47.5 Å². The summed E-state index contributed by atoms with van der Waals surface area (Å²) in [5.41, 5.74) is 5.66. The second kappa shape index (κ2) is 10.2. The molecule has 4 saturated heterocycles. The number of piperazine rings is 1. The van der Waals surface area contributed by atoms with Gasteiger partial charge < -0.3 is 20.7 Å². The molecule has 8 nitrogen and oxygen atoms in total. The quantitative estimate of drug-likeness (QED) is 0.322. The Bertz CT molecular complexity index is 1850. The molecule has 0 aliphatic carbocycles. The largest absolute Gasteiger partial charge is 0.461 e. The molecule has 4 aliphatic heterocycles. The molecule has 4 atom stereocenters. The van der Waals surface area contributed by atoms with E-state index in [2.05, 4.69) is 31.0 Å². The lowest BCUT2D eigenvalue weighted by Gasteiger charge is -2.34. The molecule has 4 aliphatic rings. The Morgan fingerprint density at radius 1 is 1.11 bits per heavy atom. The molecule has 226 valence electrons. The minimum absolute atomic E-state index is 0.00808. The van der Waals surface area contributed by atoms with E-state index in [4.69, 9.17) is 21.9 Å². The van der Waals surface area contributed by atoms with Crippen molar-refractivity contribution < 1.29 is 17.9 Å². The molecule has 4 fully saturated rings. The third-order valence-corrected chi connectivity index (χ3v) is 9.86. The molecule has 0 amide bonds. The molecular weight excluding hydrogens is 567 g/mol. The molecule has 4 aromatic rings. The number of rotatable bonds is 5. The van der Waals surface area contributed by atoms with Crippen LogP contribution in [0.15, 0.2) is 30.3 Å². The van der Waals surface area contributed by atoms with Crippen molar-refractivity contribution in [1.29, 1.82) is 0 Å². The van der Waals surface area contributed by atoms with Gasteiger partial charge in [-0.05, 0) is 55.8 Å². The van der Waals surface area contributed by atoms with E-state index < -0.39 is 23.3 Å². The number of halogens is 3. The molecule has 0 unspecified atom stereocenters. The van der Waals surface area contributed by atoms with Crippen LogP contribution in [0.3, 0.4) is 0 Å². The van der Waals surface area contributed by atoms with Gasteiger partial charge >= 0.3 is 6.01 Å². The number of terminal acetylenes is 1. The van der Waals surface area contributed by atoms with Crippen molar-refractivity contribution in [2.24, 2.45) is 0 Å². The summed E-state index contributed by atoms with van der Waals surface area (Å²) in [5, 5.41) is 4.88. The van der Waals surface area contributed by atoms with Gasteiger partial charge in [0.2, 0.25) is 0 Å². The first-order chi connectivity index (χ1) is 21.3. The molecule has 0 radical (unpaired) electrons. The lowest BCUT2D eigenvalue weighted by Crippen LogP contribution is -2.51. The summed E-state index contributed by atoms with van der Waals surface area (Å²) in [6, 6.07) is 8.62. The summed E-state index contributed by atoms with van der Waals surface area (Å²) >= 11 is 0. The van der Waals surface area contributed by atoms with Crippen LogP contribution >= 0.6 is 0 Å². The standard InChI is InChI=1S/C33H32F3N7O/c1-2-18-5-3-6-19-11-25(37)39-30(26(18)19)27-24(35)12-23-29(28(27)36)40-32(41-31(23)42-15-21-7-8-22(16-42)38-21)44-17-33-9-4-10-43(33)14-20(34)13-33/h1,3,5-6,11-12,20-22,38H,4,7-10,13-17H2,(H2,37,39)/t20-,21-,22+,33+/m1/s1. The molecule has 2 aromatic carbocycles. The number of ether oxygens (including phenoxy) is 1. The summed E-state index contributed by atoms with van der Waals surface area (Å²) in [6.45, 7) is 2.67. The van der Waals surface area contributed by atoms with Gasteiger partial charge in [-0.3, -0.25) is 4.90 Å². The third-order valence-electron chi connectivity index (χ3n) is 9.86. The third kappa shape index (κ3) is 4.34. The Morgan fingerprint density at radius 2 is 1.93 bits per heavy atom. The SMILES string of the molecule is C#Cc1cccc2cc(N)nc(-c3c(F)cc4c(N5C[C@H]6CC[C@@H](C5)N6)nc(OC[C@@]56CCCN5C[C@H](F)C6)nc4c3F)c12. The van der Waals surface area contributed by atoms with E-state index in [-0.39, 0.29) is 52.7 Å². The molecule has 11 heteroatoms. The Kier molecular flexibility index (Phi) is 6.36. The van der Waals surface area contributed by atoms with Crippen molar-refractivity contribution in [2.75, 3.05) is 43.4 Å². The summed E-state index contributed by atoms with van der Waals surface area (Å²) < 4.78 is 53.6. The van der Waals surface area contributed by atoms with Crippen LogP contribution in [-0.4, -0.2) is 76.4 Å². The first kappa shape index (κ1) is 27.4. The second-order valence-electron chi connectivity index (χ2n) is 12.6. The minimum Gasteiger partial charge on any atom is -0.461 e. The maximum atomic E-state index is 16.8. The Balaban J connectivity index is 1.29.